The molecule has 2 heterocycles. The summed E-state index contributed by atoms with van der Waals surface area (Å²) in [5.74, 6) is -0.561. The van der Waals surface area contributed by atoms with E-state index in [1.807, 2.05) is 29.8 Å². The van der Waals surface area contributed by atoms with E-state index in [-0.39, 0.29) is 11.8 Å². The van der Waals surface area contributed by atoms with E-state index < -0.39 is 0 Å². The van der Waals surface area contributed by atoms with Crippen LogP contribution in [0.1, 0.15) is 26.4 Å². The third-order valence-electron chi connectivity index (χ3n) is 3.91. The first-order valence-corrected chi connectivity index (χ1v) is 7.24. The number of amides is 2. The number of carbonyl (C=O) groups excluding carboxylic acids is 2. The fraction of sp³-hybridized carbons (Fsp3) is 0.0556. The molecule has 0 saturated carbocycles. The highest BCUT2D eigenvalue weighted by Crippen LogP contribution is 2.28. The van der Waals surface area contributed by atoms with Crippen molar-refractivity contribution in [2.24, 2.45) is 0 Å². The molecule has 1 aromatic heterocycles. The third-order valence-corrected chi connectivity index (χ3v) is 3.91. The van der Waals surface area contributed by atoms with Gasteiger partial charge in [0.05, 0.1) is 28.8 Å². The fourth-order valence-electron chi connectivity index (χ4n) is 2.76. The molecule has 0 fully saturated rings. The van der Waals surface area contributed by atoms with Gasteiger partial charge in [-0.3, -0.25) is 9.59 Å². The van der Waals surface area contributed by atoms with E-state index in [0.29, 0.717) is 16.8 Å². The lowest BCUT2D eigenvalue weighted by Gasteiger charge is -2.14. The average Bonchev–Trinajstić information content (AvgIpc) is 3.11. The number of fused-ring (bicyclic) bond motifs is 1. The largest absolute Gasteiger partial charge is 0.306 e. The van der Waals surface area contributed by atoms with Gasteiger partial charge in [0, 0.05) is 11.9 Å². The molecule has 1 aliphatic rings. The quantitative estimate of drug-likeness (QED) is 0.684. The zero-order chi connectivity index (χ0) is 16.0. The molecule has 0 N–H and O–H groups in total. The van der Waals surface area contributed by atoms with Gasteiger partial charge in [-0.1, -0.05) is 12.1 Å². The molecule has 0 spiro atoms. The number of aryl methyl sites for hydroxylation is 1. The van der Waals surface area contributed by atoms with E-state index >= 15 is 0 Å². The summed E-state index contributed by atoms with van der Waals surface area (Å²) in [6.45, 7) is 1.92. The van der Waals surface area contributed by atoms with E-state index in [1.165, 1.54) is 4.90 Å². The Morgan fingerprint density at radius 3 is 1.91 bits per heavy atom. The van der Waals surface area contributed by atoms with Gasteiger partial charge < -0.3 is 4.57 Å². The number of carbonyl (C=O) groups is 2. The first-order chi connectivity index (χ1) is 11.1. The molecule has 4 rings (SSSR count). The normalized spacial score (nSPS) is 13.5. The van der Waals surface area contributed by atoms with Gasteiger partial charge in [-0.05, 0) is 43.3 Å². The van der Waals surface area contributed by atoms with Crippen LogP contribution in [0.15, 0.2) is 61.1 Å². The third kappa shape index (κ3) is 2.05. The summed E-state index contributed by atoms with van der Waals surface area (Å²) in [5, 5.41) is 0. The summed E-state index contributed by atoms with van der Waals surface area (Å²) in [7, 11) is 0. The van der Waals surface area contributed by atoms with Crippen LogP contribution in [0.4, 0.5) is 5.69 Å². The van der Waals surface area contributed by atoms with E-state index in [2.05, 4.69) is 4.98 Å². The summed E-state index contributed by atoms with van der Waals surface area (Å²) < 4.78 is 1.89. The Balaban J connectivity index is 1.70. The molecule has 112 valence electrons. The van der Waals surface area contributed by atoms with Crippen LogP contribution in [-0.4, -0.2) is 21.4 Å². The second-order valence-electron chi connectivity index (χ2n) is 5.43. The molecular weight excluding hydrogens is 290 g/mol. The van der Waals surface area contributed by atoms with Gasteiger partial charge in [0.2, 0.25) is 0 Å². The standard InChI is InChI=1S/C18H13N3O2/c1-12-10-20(11-19-12)13-6-8-14(9-7-13)21-17(22)15-4-2-3-5-16(15)18(21)23/h2-11H,1H3. The van der Waals surface area contributed by atoms with Crippen LogP contribution in [0.3, 0.4) is 0 Å². The molecule has 5 heteroatoms. The smallest absolute Gasteiger partial charge is 0.266 e. The van der Waals surface area contributed by atoms with Crippen LogP contribution in [0.5, 0.6) is 0 Å². The predicted molar refractivity (Wildman–Crippen MR) is 85.9 cm³/mol. The lowest BCUT2D eigenvalue weighted by Crippen LogP contribution is -2.29. The van der Waals surface area contributed by atoms with E-state index in [9.17, 15) is 9.59 Å². The zero-order valence-corrected chi connectivity index (χ0v) is 12.4. The van der Waals surface area contributed by atoms with Crippen molar-refractivity contribution in [2.45, 2.75) is 6.92 Å². The van der Waals surface area contributed by atoms with E-state index in [4.69, 9.17) is 0 Å². The summed E-state index contributed by atoms with van der Waals surface area (Å²) >= 11 is 0. The summed E-state index contributed by atoms with van der Waals surface area (Å²) in [5.41, 5.74) is 3.32. The Hall–Kier alpha value is -3.21. The average molecular weight is 303 g/mol. The fourth-order valence-corrected chi connectivity index (χ4v) is 2.76. The number of aromatic nitrogens is 2. The van der Waals surface area contributed by atoms with Crippen molar-refractivity contribution in [3.63, 3.8) is 0 Å². The van der Waals surface area contributed by atoms with Crippen molar-refractivity contribution < 1.29 is 9.59 Å². The second-order valence-corrected chi connectivity index (χ2v) is 5.43. The van der Waals surface area contributed by atoms with E-state index in [0.717, 1.165) is 11.4 Å². The number of hydrogen-bond acceptors (Lipinski definition) is 3. The number of nitrogens with zero attached hydrogens (tertiary/aromatic N) is 3. The molecule has 2 aromatic carbocycles. The molecule has 2 amide bonds. The van der Waals surface area contributed by atoms with Gasteiger partial charge in [0.15, 0.2) is 0 Å². The molecule has 5 nitrogen and oxygen atoms in total. The number of rotatable bonds is 2. The molecule has 0 atom stereocenters. The highest BCUT2D eigenvalue weighted by molar-refractivity contribution is 6.34. The molecule has 0 unspecified atom stereocenters. The van der Waals surface area contributed by atoms with Gasteiger partial charge in [-0.15, -0.1) is 0 Å². The van der Waals surface area contributed by atoms with Crippen molar-refractivity contribution in [3.05, 3.63) is 77.9 Å². The number of imide groups is 1. The summed E-state index contributed by atoms with van der Waals surface area (Å²) in [4.78, 5) is 30.3. The first-order valence-electron chi connectivity index (χ1n) is 7.24. The maximum atomic E-state index is 12.5. The topological polar surface area (TPSA) is 55.2 Å². The SMILES string of the molecule is Cc1cn(-c2ccc(N3C(=O)c4ccccc4C3=O)cc2)cn1. The van der Waals surface area contributed by atoms with Crippen LogP contribution < -0.4 is 4.90 Å². The van der Waals surface area contributed by atoms with Crippen LogP contribution >= 0.6 is 0 Å². The minimum atomic E-state index is -0.281. The Kier molecular flexibility index (Phi) is 2.87. The number of imidazole rings is 1. The maximum absolute atomic E-state index is 12.5. The Bertz CT molecular complexity index is 890. The monoisotopic (exact) mass is 303 g/mol. The van der Waals surface area contributed by atoms with Crippen LogP contribution in [-0.2, 0) is 0 Å². The van der Waals surface area contributed by atoms with Crippen molar-refractivity contribution in [3.8, 4) is 5.69 Å². The zero-order valence-electron chi connectivity index (χ0n) is 12.4. The Morgan fingerprint density at radius 2 is 1.39 bits per heavy atom. The van der Waals surface area contributed by atoms with Crippen molar-refractivity contribution in [2.75, 3.05) is 4.90 Å². The molecular formula is C18H13N3O2. The summed E-state index contributed by atoms with van der Waals surface area (Å²) in [6, 6.07) is 14.1. The molecule has 3 aromatic rings. The molecule has 1 aliphatic heterocycles. The number of benzene rings is 2. The number of hydrogen-bond donors (Lipinski definition) is 0. The lowest BCUT2D eigenvalue weighted by atomic mass is 10.1. The Morgan fingerprint density at radius 1 is 0.826 bits per heavy atom. The maximum Gasteiger partial charge on any atom is 0.266 e. The minimum absolute atomic E-state index is 0.281. The molecule has 0 bridgehead atoms. The Labute approximate surface area is 132 Å². The lowest BCUT2D eigenvalue weighted by molar-refractivity contribution is 0.0926. The van der Waals surface area contributed by atoms with Crippen molar-refractivity contribution in [1.82, 2.24) is 9.55 Å². The van der Waals surface area contributed by atoms with E-state index in [1.54, 1.807) is 42.7 Å². The van der Waals surface area contributed by atoms with Crippen LogP contribution in [0.25, 0.3) is 5.69 Å². The van der Waals surface area contributed by atoms with Crippen LogP contribution in [0, 0.1) is 6.92 Å². The highest BCUT2D eigenvalue weighted by atomic mass is 16.2. The van der Waals surface area contributed by atoms with Gasteiger partial charge in [0.25, 0.3) is 11.8 Å². The van der Waals surface area contributed by atoms with Crippen molar-refractivity contribution in [1.29, 1.82) is 0 Å². The minimum Gasteiger partial charge on any atom is -0.306 e. The second kappa shape index (κ2) is 4.91. The van der Waals surface area contributed by atoms with Crippen LogP contribution in [0.2, 0.25) is 0 Å². The van der Waals surface area contributed by atoms with Gasteiger partial charge in [-0.25, -0.2) is 9.88 Å². The molecule has 0 aliphatic carbocycles. The summed E-state index contributed by atoms with van der Waals surface area (Å²) in [6.07, 6.45) is 3.64. The van der Waals surface area contributed by atoms with Gasteiger partial charge >= 0.3 is 0 Å². The molecule has 0 radical (unpaired) electrons. The van der Waals surface area contributed by atoms with Gasteiger partial charge in [-0.2, -0.15) is 0 Å². The first kappa shape index (κ1) is 13.5. The predicted octanol–water partition coefficient (Wildman–Crippen LogP) is 2.98. The van der Waals surface area contributed by atoms with Gasteiger partial charge in [0.1, 0.15) is 0 Å². The molecule has 0 saturated heterocycles. The molecule has 23 heavy (non-hydrogen) atoms. The van der Waals surface area contributed by atoms with Crippen molar-refractivity contribution >= 4 is 17.5 Å². The highest BCUT2D eigenvalue weighted by Gasteiger charge is 2.36. The number of anilines is 1.